The number of aliphatic hydroxyl groups excluding tert-OH is 1. The summed E-state index contributed by atoms with van der Waals surface area (Å²) in [6, 6.07) is 14.7. The Kier molecular flexibility index (Phi) is 14.1. The van der Waals surface area contributed by atoms with Crippen molar-refractivity contribution in [2.45, 2.75) is 70.7 Å². The molecule has 0 saturated carbocycles. The van der Waals surface area contributed by atoms with E-state index in [0.717, 1.165) is 46.3 Å². The number of aliphatic hydroxyl groups is 1. The third kappa shape index (κ3) is 11.4. The molecule has 0 bridgehead atoms. The first kappa shape index (κ1) is 40.1. The van der Waals surface area contributed by atoms with Gasteiger partial charge in [-0.15, -0.1) is 0 Å². The molecule has 12 nitrogen and oxygen atoms in total. The lowest BCUT2D eigenvalue weighted by molar-refractivity contribution is -0.384. The van der Waals surface area contributed by atoms with Crippen LogP contribution in [-0.4, -0.2) is 72.4 Å². The number of carbonyl (C=O) groups excluding carboxylic acids is 2. The van der Waals surface area contributed by atoms with Gasteiger partial charge in [-0.3, -0.25) is 19.7 Å². The molecule has 4 N–H and O–H groups in total. The van der Waals surface area contributed by atoms with Crippen molar-refractivity contribution in [2.24, 2.45) is 11.3 Å². The number of nitro groups is 1. The number of sulfonamides is 1. The van der Waals surface area contributed by atoms with Gasteiger partial charge in [0.1, 0.15) is 17.7 Å². The van der Waals surface area contributed by atoms with Crippen molar-refractivity contribution >= 4 is 27.5 Å². The van der Waals surface area contributed by atoms with E-state index in [4.69, 9.17) is 0 Å². The Hall–Kier alpha value is -4.31. The van der Waals surface area contributed by atoms with E-state index in [9.17, 15) is 42.0 Å². The number of nitrogens with zero attached hydrogens (tertiary/aromatic N) is 2. The van der Waals surface area contributed by atoms with Crippen molar-refractivity contribution in [2.75, 3.05) is 19.6 Å². The molecule has 2 amide bonds. The Morgan fingerprint density at radius 1 is 0.920 bits per heavy atom. The van der Waals surface area contributed by atoms with Crippen molar-refractivity contribution < 1.29 is 36.8 Å². The third-order valence-electron chi connectivity index (χ3n) is 7.82. The maximum Gasteiger partial charge on any atom is 0.269 e. The lowest BCUT2D eigenvalue weighted by Gasteiger charge is -2.34. The fraction of sp³-hybridized carbons (Fsp3) is 0.429. The Morgan fingerprint density at radius 2 is 1.52 bits per heavy atom. The highest BCUT2D eigenvalue weighted by Gasteiger charge is 2.36. The van der Waals surface area contributed by atoms with Crippen LogP contribution in [0.15, 0.2) is 77.7 Å². The van der Waals surface area contributed by atoms with E-state index >= 15 is 0 Å². The summed E-state index contributed by atoms with van der Waals surface area (Å²) < 4.78 is 56.6. The van der Waals surface area contributed by atoms with Crippen LogP contribution in [0.1, 0.15) is 45.7 Å². The highest BCUT2D eigenvalue weighted by atomic mass is 32.2. The standard InChI is InChI=1S/C35H45F2N5O7S/c1-23(2)21-41(50(48,49)26-16-14-25(15-17-26)42(46)47)22-31(43)30(18-24-10-7-6-8-11-24)39-34(45)33(35(3,4)5)40-32(44)20-38-19-27-28(36)12-9-13-29(27)37/h6-17,23,30-31,33,38,43H,18-22H2,1-5H3,(H,39,45)(H,40,44). The van der Waals surface area contributed by atoms with Gasteiger partial charge in [-0.1, -0.05) is 71.0 Å². The minimum atomic E-state index is -4.23. The quantitative estimate of drug-likeness (QED) is 0.120. The van der Waals surface area contributed by atoms with Crippen LogP contribution >= 0.6 is 0 Å². The van der Waals surface area contributed by atoms with E-state index in [1.54, 1.807) is 65.0 Å². The third-order valence-corrected chi connectivity index (χ3v) is 9.66. The van der Waals surface area contributed by atoms with Gasteiger partial charge in [0.2, 0.25) is 21.8 Å². The molecule has 3 aromatic rings. The van der Waals surface area contributed by atoms with Gasteiger partial charge in [-0.05, 0) is 47.6 Å². The van der Waals surface area contributed by atoms with Gasteiger partial charge in [0.05, 0.1) is 28.5 Å². The first-order chi connectivity index (χ1) is 23.4. The smallest absolute Gasteiger partial charge is 0.269 e. The zero-order chi connectivity index (χ0) is 37.2. The second-order valence-corrected chi connectivity index (χ2v) is 15.4. The molecule has 0 aliphatic rings. The van der Waals surface area contributed by atoms with Crippen molar-refractivity contribution in [1.82, 2.24) is 20.3 Å². The highest BCUT2D eigenvalue weighted by molar-refractivity contribution is 7.89. The molecule has 50 heavy (non-hydrogen) atoms. The van der Waals surface area contributed by atoms with Gasteiger partial charge in [0.25, 0.3) is 5.69 Å². The maximum atomic E-state index is 14.0. The number of halogens is 2. The summed E-state index contributed by atoms with van der Waals surface area (Å²) in [7, 11) is -4.23. The molecular formula is C35H45F2N5O7S. The van der Waals surface area contributed by atoms with Crippen LogP contribution in [0.5, 0.6) is 0 Å². The first-order valence-electron chi connectivity index (χ1n) is 16.1. The van der Waals surface area contributed by atoms with Crippen LogP contribution in [0.25, 0.3) is 0 Å². The zero-order valence-electron chi connectivity index (χ0n) is 28.7. The average molecular weight is 718 g/mol. The maximum absolute atomic E-state index is 14.0. The predicted molar refractivity (Wildman–Crippen MR) is 184 cm³/mol. The molecule has 3 rings (SSSR count). The molecule has 0 radical (unpaired) electrons. The molecule has 0 aliphatic heterocycles. The lowest BCUT2D eigenvalue weighted by atomic mass is 9.85. The van der Waals surface area contributed by atoms with E-state index in [2.05, 4.69) is 16.0 Å². The molecule has 0 aliphatic carbocycles. The highest BCUT2D eigenvalue weighted by Crippen LogP contribution is 2.23. The van der Waals surface area contributed by atoms with Crippen LogP contribution in [0.4, 0.5) is 14.5 Å². The van der Waals surface area contributed by atoms with Crippen LogP contribution in [0, 0.1) is 33.1 Å². The summed E-state index contributed by atoms with van der Waals surface area (Å²) in [5.74, 6) is -2.95. The number of rotatable bonds is 17. The van der Waals surface area contributed by atoms with Gasteiger partial charge < -0.3 is 21.1 Å². The second-order valence-electron chi connectivity index (χ2n) is 13.5. The number of hydrogen-bond acceptors (Lipinski definition) is 8. The summed E-state index contributed by atoms with van der Waals surface area (Å²) in [6.07, 6.45) is -1.32. The van der Waals surface area contributed by atoms with E-state index in [0.29, 0.717) is 0 Å². The number of benzene rings is 3. The number of hydrogen-bond donors (Lipinski definition) is 4. The Morgan fingerprint density at radius 3 is 2.06 bits per heavy atom. The van der Waals surface area contributed by atoms with E-state index in [-0.39, 0.29) is 48.1 Å². The Balaban J connectivity index is 1.83. The minimum absolute atomic E-state index is 0.00678. The molecule has 0 saturated heterocycles. The Bertz CT molecular complexity index is 1700. The molecule has 3 atom stereocenters. The second kappa shape index (κ2) is 17.6. The summed E-state index contributed by atoms with van der Waals surface area (Å²) in [4.78, 5) is 37.1. The zero-order valence-corrected chi connectivity index (χ0v) is 29.5. The topological polar surface area (TPSA) is 171 Å². The minimum Gasteiger partial charge on any atom is -0.390 e. The van der Waals surface area contributed by atoms with E-state index < -0.39 is 68.5 Å². The van der Waals surface area contributed by atoms with Gasteiger partial charge >= 0.3 is 0 Å². The Labute approximate surface area is 291 Å². The van der Waals surface area contributed by atoms with Gasteiger partial charge in [-0.2, -0.15) is 4.31 Å². The van der Waals surface area contributed by atoms with Crippen LogP contribution in [-0.2, 0) is 32.6 Å². The molecule has 0 fully saturated rings. The number of nitro benzene ring substituents is 1. The van der Waals surface area contributed by atoms with Crippen LogP contribution < -0.4 is 16.0 Å². The van der Waals surface area contributed by atoms with Crippen molar-refractivity contribution in [3.05, 3.63) is 106 Å². The van der Waals surface area contributed by atoms with Crippen LogP contribution in [0.3, 0.4) is 0 Å². The summed E-state index contributed by atoms with van der Waals surface area (Å²) in [6.45, 7) is 7.74. The molecule has 272 valence electrons. The van der Waals surface area contributed by atoms with E-state index in [1.807, 2.05) is 0 Å². The SMILES string of the molecule is CC(C)CN(CC(O)C(Cc1ccccc1)NC(=O)C(NC(=O)CNCc1c(F)cccc1F)C(C)(C)C)S(=O)(=O)c1ccc([N+](=O)[O-])cc1. The average Bonchev–Trinajstić information content (AvgIpc) is 3.04. The number of non-ortho nitro benzene ring substituents is 1. The fourth-order valence-corrected chi connectivity index (χ4v) is 6.83. The first-order valence-corrected chi connectivity index (χ1v) is 17.5. The number of amides is 2. The molecule has 3 unspecified atom stereocenters. The molecule has 15 heteroatoms. The largest absolute Gasteiger partial charge is 0.390 e. The molecule has 3 aromatic carbocycles. The van der Waals surface area contributed by atoms with Crippen molar-refractivity contribution in [3.63, 3.8) is 0 Å². The normalized spacial score (nSPS) is 13.9. The van der Waals surface area contributed by atoms with Gasteiger partial charge in [-0.25, -0.2) is 17.2 Å². The number of carbonyl (C=O) groups is 2. The fourth-order valence-electron chi connectivity index (χ4n) is 5.21. The van der Waals surface area contributed by atoms with Gasteiger partial charge in [0, 0.05) is 37.3 Å². The lowest BCUT2D eigenvalue weighted by Crippen LogP contribution is -2.59. The summed E-state index contributed by atoms with van der Waals surface area (Å²) >= 11 is 0. The van der Waals surface area contributed by atoms with Gasteiger partial charge in [0.15, 0.2) is 0 Å². The van der Waals surface area contributed by atoms with Crippen LogP contribution in [0.2, 0.25) is 0 Å². The van der Waals surface area contributed by atoms with E-state index in [1.165, 1.54) is 6.07 Å². The summed E-state index contributed by atoms with van der Waals surface area (Å²) in [5, 5.41) is 30.9. The van der Waals surface area contributed by atoms with Crippen molar-refractivity contribution in [1.29, 1.82) is 0 Å². The predicted octanol–water partition coefficient (Wildman–Crippen LogP) is 3.93. The molecule has 0 spiro atoms. The summed E-state index contributed by atoms with van der Waals surface area (Å²) in [5.41, 5.74) is -0.597. The molecule has 0 aromatic heterocycles. The van der Waals surface area contributed by atoms with Crippen molar-refractivity contribution in [3.8, 4) is 0 Å². The molecular weight excluding hydrogens is 672 g/mol. The molecule has 0 heterocycles. The number of nitrogens with one attached hydrogen (secondary N) is 3. The monoisotopic (exact) mass is 717 g/mol.